The molecule has 0 saturated carbocycles. The lowest BCUT2D eigenvalue weighted by Gasteiger charge is -2.19. The summed E-state index contributed by atoms with van der Waals surface area (Å²) in [6.45, 7) is 4.22. The summed E-state index contributed by atoms with van der Waals surface area (Å²) in [5, 5.41) is 0. The first-order valence-electron chi connectivity index (χ1n) is 5.82. The molecule has 0 bridgehead atoms. The summed E-state index contributed by atoms with van der Waals surface area (Å²) in [7, 11) is 0. The van der Waals surface area contributed by atoms with Crippen molar-refractivity contribution in [2.24, 2.45) is 0 Å². The number of ether oxygens (including phenoxy) is 1. The Bertz CT molecular complexity index is 408. The van der Waals surface area contributed by atoms with E-state index in [1.807, 2.05) is 6.07 Å². The smallest absolute Gasteiger partial charge is 0.147 e. The van der Waals surface area contributed by atoms with Gasteiger partial charge in [0.05, 0.1) is 17.4 Å². The Balaban J connectivity index is 1.88. The van der Waals surface area contributed by atoms with E-state index in [1.54, 1.807) is 17.8 Å². The molecule has 0 radical (unpaired) electrons. The Morgan fingerprint density at radius 2 is 2.29 bits per heavy atom. The minimum Gasteiger partial charge on any atom is -0.396 e. The summed E-state index contributed by atoms with van der Waals surface area (Å²) in [6.07, 6.45) is 2.45. The molecule has 1 aliphatic heterocycles. The van der Waals surface area contributed by atoms with E-state index in [9.17, 15) is 4.39 Å². The summed E-state index contributed by atoms with van der Waals surface area (Å²) < 4.78 is 19.1. The zero-order valence-corrected chi connectivity index (χ0v) is 11.0. The molecule has 1 aromatic rings. The van der Waals surface area contributed by atoms with Gasteiger partial charge in [-0.15, -0.1) is 11.8 Å². The van der Waals surface area contributed by atoms with Crippen molar-refractivity contribution < 1.29 is 9.13 Å². The molecule has 2 N–H and O–H groups in total. The van der Waals surface area contributed by atoms with Gasteiger partial charge in [-0.2, -0.15) is 0 Å². The van der Waals surface area contributed by atoms with E-state index < -0.39 is 0 Å². The zero-order valence-electron chi connectivity index (χ0n) is 10.2. The zero-order chi connectivity index (χ0) is 12.5. The van der Waals surface area contributed by atoms with Crippen LogP contribution in [0.3, 0.4) is 0 Å². The number of hydrogen-bond acceptors (Lipinski definition) is 3. The number of thioether (sulfide) groups is 1. The van der Waals surface area contributed by atoms with Gasteiger partial charge in [0.1, 0.15) is 5.82 Å². The van der Waals surface area contributed by atoms with Crippen LogP contribution in [0.2, 0.25) is 0 Å². The van der Waals surface area contributed by atoms with Gasteiger partial charge in [0.25, 0.3) is 0 Å². The molecule has 2 rings (SSSR count). The molecule has 94 valence electrons. The van der Waals surface area contributed by atoms with Crippen molar-refractivity contribution in [3.8, 4) is 0 Å². The third-order valence-corrected chi connectivity index (χ3v) is 4.09. The van der Waals surface area contributed by atoms with E-state index in [4.69, 9.17) is 10.5 Å². The SMILES string of the molecule is CC1(C)CCC(CSc2ccc(N)c(F)c2)O1. The first-order chi connectivity index (χ1) is 7.96. The van der Waals surface area contributed by atoms with Gasteiger partial charge in [0.2, 0.25) is 0 Å². The maximum atomic E-state index is 13.2. The van der Waals surface area contributed by atoms with Gasteiger partial charge >= 0.3 is 0 Å². The van der Waals surface area contributed by atoms with Crippen molar-refractivity contribution in [3.05, 3.63) is 24.0 Å². The molecule has 2 nitrogen and oxygen atoms in total. The van der Waals surface area contributed by atoms with Crippen molar-refractivity contribution in [2.75, 3.05) is 11.5 Å². The molecule has 1 heterocycles. The van der Waals surface area contributed by atoms with E-state index in [-0.39, 0.29) is 23.2 Å². The highest BCUT2D eigenvalue weighted by atomic mass is 32.2. The topological polar surface area (TPSA) is 35.2 Å². The highest BCUT2D eigenvalue weighted by molar-refractivity contribution is 7.99. The largest absolute Gasteiger partial charge is 0.396 e. The molecule has 1 atom stereocenters. The number of benzene rings is 1. The number of hydrogen-bond donors (Lipinski definition) is 1. The van der Waals surface area contributed by atoms with Gasteiger partial charge in [-0.3, -0.25) is 0 Å². The fourth-order valence-electron chi connectivity index (χ4n) is 1.98. The Labute approximate surface area is 106 Å². The molecule has 17 heavy (non-hydrogen) atoms. The lowest BCUT2D eigenvalue weighted by Crippen LogP contribution is -2.21. The minimum atomic E-state index is -0.345. The lowest BCUT2D eigenvalue weighted by atomic mass is 10.1. The van der Waals surface area contributed by atoms with Crippen LogP contribution in [0.5, 0.6) is 0 Å². The van der Waals surface area contributed by atoms with E-state index in [2.05, 4.69) is 13.8 Å². The molecule has 1 unspecified atom stereocenters. The summed E-state index contributed by atoms with van der Waals surface area (Å²) in [6, 6.07) is 4.94. The Morgan fingerprint density at radius 3 is 2.88 bits per heavy atom. The van der Waals surface area contributed by atoms with Crippen molar-refractivity contribution in [3.63, 3.8) is 0 Å². The predicted molar refractivity (Wildman–Crippen MR) is 69.7 cm³/mol. The normalized spacial score (nSPS) is 22.9. The molecule has 1 saturated heterocycles. The number of anilines is 1. The van der Waals surface area contributed by atoms with Crippen LogP contribution >= 0.6 is 11.8 Å². The quantitative estimate of drug-likeness (QED) is 0.663. The molecule has 0 aliphatic carbocycles. The Kier molecular flexibility index (Phi) is 3.64. The summed E-state index contributed by atoms with van der Waals surface area (Å²) >= 11 is 1.62. The lowest BCUT2D eigenvalue weighted by molar-refractivity contribution is -0.00466. The third-order valence-electron chi connectivity index (χ3n) is 2.96. The van der Waals surface area contributed by atoms with E-state index in [1.165, 1.54) is 6.07 Å². The van der Waals surface area contributed by atoms with E-state index in [0.29, 0.717) is 0 Å². The fourth-order valence-corrected chi connectivity index (χ4v) is 2.95. The molecule has 0 aromatic heterocycles. The van der Waals surface area contributed by atoms with Crippen molar-refractivity contribution in [2.45, 2.75) is 43.3 Å². The highest BCUT2D eigenvalue weighted by Gasteiger charge is 2.31. The standard InChI is InChI=1S/C13H18FNOS/c1-13(2)6-5-9(16-13)8-17-10-3-4-12(15)11(14)7-10/h3-4,7,9H,5-6,8,15H2,1-2H3. The number of nitrogen functional groups attached to an aromatic ring is 1. The van der Waals surface area contributed by atoms with Gasteiger partial charge in [0, 0.05) is 10.6 Å². The van der Waals surface area contributed by atoms with Crippen LogP contribution in [0.25, 0.3) is 0 Å². The van der Waals surface area contributed by atoms with Crippen LogP contribution in [0.15, 0.2) is 23.1 Å². The maximum Gasteiger partial charge on any atom is 0.147 e. The molecule has 1 fully saturated rings. The average Bonchev–Trinajstić information content (AvgIpc) is 2.60. The Hall–Kier alpha value is -0.740. The molecule has 4 heteroatoms. The van der Waals surface area contributed by atoms with Crippen LogP contribution in [-0.4, -0.2) is 17.5 Å². The summed E-state index contributed by atoms with van der Waals surface area (Å²) in [5.41, 5.74) is 5.63. The van der Waals surface area contributed by atoms with Crippen molar-refractivity contribution >= 4 is 17.4 Å². The van der Waals surface area contributed by atoms with Gasteiger partial charge in [-0.25, -0.2) is 4.39 Å². The van der Waals surface area contributed by atoms with Crippen LogP contribution in [0, 0.1) is 5.82 Å². The number of nitrogens with two attached hydrogens (primary N) is 1. The first kappa shape index (κ1) is 12.7. The van der Waals surface area contributed by atoms with E-state index >= 15 is 0 Å². The second kappa shape index (κ2) is 4.86. The second-order valence-electron chi connectivity index (χ2n) is 5.03. The van der Waals surface area contributed by atoms with Gasteiger partial charge in [-0.1, -0.05) is 0 Å². The molecular weight excluding hydrogens is 237 g/mol. The number of rotatable bonds is 3. The van der Waals surface area contributed by atoms with Gasteiger partial charge in [-0.05, 0) is 44.9 Å². The van der Waals surface area contributed by atoms with Crippen LogP contribution in [0.4, 0.5) is 10.1 Å². The van der Waals surface area contributed by atoms with Crippen LogP contribution in [0.1, 0.15) is 26.7 Å². The first-order valence-corrected chi connectivity index (χ1v) is 6.80. The Morgan fingerprint density at radius 1 is 1.53 bits per heavy atom. The number of halogens is 1. The van der Waals surface area contributed by atoms with E-state index in [0.717, 1.165) is 23.5 Å². The minimum absolute atomic E-state index is 0.00239. The summed E-state index contributed by atoms with van der Waals surface area (Å²) in [4.78, 5) is 0.907. The molecular formula is C13H18FNOS. The molecule has 0 amide bonds. The molecule has 1 aromatic carbocycles. The van der Waals surface area contributed by atoms with Crippen molar-refractivity contribution in [1.29, 1.82) is 0 Å². The average molecular weight is 255 g/mol. The molecule has 0 spiro atoms. The van der Waals surface area contributed by atoms with Crippen LogP contribution < -0.4 is 5.73 Å². The molecule has 1 aliphatic rings. The maximum absolute atomic E-state index is 13.2. The second-order valence-corrected chi connectivity index (χ2v) is 6.13. The monoisotopic (exact) mass is 255 g/mol. The highest BCUT2D eigenvalue weighted by Crippen LogP contribution is 2.33. The third kappa shape index (κ3) is 3.36. The fraction of sp³-hybridized carbons (Fsp3) is 0.538. The summed E-state index contributed by atoms with van der Waals surface area (Å²) in [5.74, 6) is 0.523. The predicted octanol–water partition coefficient (Wildman–Crippen LogP) is 3.46. The van der Waals surface area contributed by atoms with Gasteiger partial charge in [0.15, 0.2) is 0 Å². The van der Waals surface area contributed by atoms with Crippen molar-refractivity contribution in [1.82, 2.24) is 0 Å². The van der Waals surface area contributed by atoms with Crippen LogP contribution in [-0.2, 0) is 4.74 Å². The van der Waals surface area contributed by atoms with Gasteiger partial charge < -0.3 is 10.5 Å².